The Bertz CT molecular complexity index is 1020. The van der Waals surface area contributed by atoms with Crippen LogP contribution in [0.5, 0.6) is 0 Å². The molecule has 0 radical (unpaired) electrons. The molecule has 0 saturated heterocycles. The Morgan fingerprint density at radius 3 is 2.82 bits per heavy atom. The second-order valence-corrected chi connectivity index (χ2v) is 8.11. The molecule has 11 nitrogen and oxygen atoms in total. The number of nitrogens with two attached hydrogens (primary N) is 1. The van der Waals surface area contributed by atoms with E-state index in [0.29, 0.717) is 19.3 Å². The van der Waals surface area contributed by atoms with Gasteiger partial charge in [-0.3, -0.25) is 15.7 Å². The van der Waals surface area contributed by atoms with E-state index < -0.39 is 10.2 Å². The summed E-state index contributed by atoms with van der Waals surface area (Å²) in [5.74, 6) is -0.0735. The number of rotatable bonds is 6. The van der Waals surface area contributed by atoms with Gasteiger partial charge in [0, 0.05) is 12.1 Å². The van der Waals surface area contributed by atoms with E-state index in [4.69, 9.17) is 9.77 Å². The molecular weight excluding hydrogens is 393 g/mol. The van der Waals surface area contributed by atoms with Crippen molar-refractivity contribution in [1.82, 2.24) is 20.5 Å². The molecule has 0 unspecified atom stereocenters. The molecule has 28 heavy (non-hydrogen) atoms. The fourth-order valence-corrected chi connectivity index (χ4v) is 4.02. The number of nitrogens with zero attached hydrogens (tertiary/aromatic N) is 3. The van der Waals surface area contributed by atoms with Crippen LogP contribution in [0.15, 0.2) is 27.8 Å². The molecule has 1 saturated carbocycles. The third-order valence-corrected chi connectivity index (χ3v) is 5.46. The number of hydroxylamine groups is 1. The number of benzene rings is 1. The van der Waals surface area contributed by atoms with Gasteiger partial charge >= 0.3 is 0 Å². The first-order valence-electron chi connectivity index (χ1n) is 8.48. The van der Waals surface area contributed by atoms with E-state index in [-0.39, 0.29) is 41.3 Å². The summed E-state index contributed by atoms with van der Waals surface area (Å²) < 4.78 is 42.5. The summed E-state index contributed by atoms with van der Waals surface area (Å²) in [4.78, 5) is 4.38. The number of aromatic nitrogens is 2. The Labute approximate surface area is 159 Å². The van der Waals surface area contributed by atoms with E-state index in [1.807, 2.05) is 5.48 Å². The molecule has 1 aromatic heterocycles. The lowest BCUT2D eigenvalue weighted by atomic mass is 9.83. The average molecular weight is 411 g/mol. The molecule has 150 valence electrons. The van der Waals surface area contributed by atoms with Gasteiger partial charge in [0.05, 0.1) is 6.04 Å². The first-order chi connectivity index (χ1) is 13.3. The van der Waals surface area contributed by atoms with Gasteiger partial charge in [0.25, 0.3) is 10.2 Å². The number of amidine groups is 1. The topological polar surface area (TPSA) is 168 Å². The minimum Gasteiger partial charge on any atom is -0.362 e. The third kappa shape index (κ3) is 3.82. The SMILES string of the molecule is NS(=O)(=O)NC1CC(Nc2nonc2C(=N[C@H]2Cc3ccc(F)cc32)NO)C1. The quantitative estimate of drug-likeness (QED) is 0.251. The molecule has 0 amide bonds. The zero-order valence-electron chi connectivity index (χ0n) is 14.5. The molecule has 1 heterocycles. The van der Waals surface area contributed by atoms with Gasteiger partial charge < -0.3 is 5.32 Å². The van der Waals surface area contributed by atoms with Crippen LogP contribution in [0.1, 0.15) is 35.7 Å². The Kier molecular flexibility index (Phi) is 4.74. The van der Waals surface area contributed by atoms with Gasteiger partial charge in [-0.1, -0.05) is 6.07 Å². The van der Waals surface area contributed by atoms with Crippen molar-refractivity contribution < 1.29 is 22.6 Å². The lowest BCUT2D eigenvalue weighted by molar-refractivity contribution is 0.232. The maximum Gasteiger partial charge on any atom is 0.274 e. The van der Waals surface area contributed by atoms with E-state index in [9.17, 15) is 18.0 Å². The van der Waals surface area contributed by atoms with Gasteiger partial charge in [-0.05, 0) is 52.8 Å². The van der Waals surface area contributed by atoms with Crippen LogP contribution < -0.4 is 20.7 Å². The van der Waals surface area contributed by atoms with Crippen LogP contribution in [-0.4, -0.2) is 41.9 Å². The maximum absolute atomic E-state index is 13.4. The van der Waals surface area contributed by atoms with Gasteiger partial charge in [0.2, 0.25) is 5.82 Å². The Morgan fingerprint density at radius 1 is 1.32 bits per heavy atom. The van der Waals surface area contributed by atoms with Crippen LogP contribution in [0.3, 0.4) is 0 Å². The van der Waals surface area contributed by atoms with Crippen LogP contribution in [0.25, 0.3) is 0 Å². The Morgan fingerprint density at radius 2 is 2.11 bits per heavy atom. The first-order valence-corrected chi connectivity index (χ1v) is 10.0. The number of anilines is 1. The highest BCUT2D eigenvalue weighted by Gasteiger charge is 2.33. The van der Waals surface area contributed by atoms with Crippen molar-refractivity contribution in [3.05, 3.63) is 40.8 Å². The van der Waals surface area contributed by atoms with E-state index in [1.54, 1.807) is 6.07 Å². The van der Waals surface area contributed by atoms with Crippen molar-refractivity contribution in [1.29, 1.82) is 0 Å². The zero-order valence-corrected chi connectivity index (χ0v) is 15.3. The molecule has 0 aliphatic heterocycles. The highest BCUT2D eigenvalue weighted by molar-refractivity contribution is 7.87. The normalized spacial score (nSPS) is 24.1. The lowest BCUT2D eigenvalue weighted by Gasteiger charge is -2.35. The number of fused-ring (bicyclic) bond motifs is 1. The standard InChI is InChI=1S/C15H18FN7O4S/c16-8-2-1-7-3-12(11(7)4-8)19-14(20-24)13-15(22-27-21-13)18-9-5-10(6-9)23-28(17,25)26/h1-2,4,9-10,12,23-24H,3,5-6H2,(H,18,22)(H,19,20)(H2,17,25,26)/t9?,10?,12-/m0/s1. The fourth-order valence-electron chi connectivity index (χ4n) is 3.36. The molecule has 6 N–H and O–H groups in total. The summed E-state index contributed by atoms with van der Waals surface area (Å²) >= 11 is 0. The lowest BCUT2D eigenvalue weighted by Crippen LogP contribution is -2.51. The number of hydrogen-bond donors (Lipinski definition) is 5. The van der Waals surface area contributed by atoms with Crippen molar-refractivity contribution in [2.75, 3.05) is 5.32 Å². The molecule has 4 rings (SSSR count). The van der Waals surface area contributed by atoms with E-state index in [1.165, 1.54) is 12.1 Å². The molecule has 1 fully saturated rings. The van der Waals surface area contributed by atoms with Gasteiger partial charge in [-0.15, -0.1) is 0 Å². The minimum absolute atomic E-state index is 0.0298. The predicted octanol–water partition coefficient (Wildman–Crippen LogP) is -0.0325. The van der Waals surface area contributed by atoms with Crippen molar-refractivity contribution in [2.45, 2.75) is 37.4 Å². The molecule has 2 aromatic rings. The van der Waals surface area contributed by atoms with Crippen molar-refractivity contribution in [3.63, 3.8) is 0 Å². The van der Waals surface area contributed by atoms with Gasteiger partial charge in [-0.2, -0.15) is 13.1 Å². The van der Waals surface area contributed by atoms with E-state index >= 15 is 0 Å². The second-order valence-electron chi connectivity index (χ2n) is 6.79. The highest BCUT2D eigenvalue weighted by atomic mass is 32.2. The molecule has 2 aliphatic carbocycles. The Hall–Kier alpha value is -2.61. The van der Waals surface area contributed by atoms with Crippen LogP contribution in [0.4, 0.5) is 10.2 Å². The predicted molar refractivity (Wildman–Crippen MR) is 95.3 cm³/mol. The summed E-state index contributed by atoms with van der Waals surface area (Å²) in [5.41, 5.74) is 3.88. The molecule has 13 heteroatoms. The summed E-state index contributed by atoms with van der Waals surface area (Å²) in [6.07, 6.45) is 1.60. The average Bonchev–Trinajstić information content (AvgIpc) is 3.03. The molecular formula is C15H18FN7O4S. The van der Waals surface area contributed by atoms with Crippen LogP contribution >= 0.6 is 0 Å². The largest absolute Gasteiger partial charge is 0.362 e. The number of hydrogen-bond acceptors (Lipinski definition) is 8. The molecule has 0 bridgehead atoms. The number of aliphatic imine (C=N–C) groups is 1. The van der Waals surface area contributed by atoms with Crippen molar-refractivity contribution in [2.24, 2.45) is 10.1 Å². The van der Waals surface area contributed by atoms with Gasteiger partial charge in [0.15, 0.2) is 11.5 Å². The summed E-state index contributed by atoms with van der Waals surface area (Å²) in [6.45, 7) is 0. The third-order valence-electron chi connectivity index (χ3n) is 4.79. The fraction of sp³-hybridized carbons (Fsp3) is 0.400. The van der Waals surface area contributed by atoms with Crippen LogP contribution in [-0.2, 0) is 16.6 Å². The summed E-state index contributed by atoms with van der Waals surface area (Å²) in [6, 6.07) is 3.84. The first kappa shape index (κ1) is 18.7. The number of halogens is 1. The van der Waals surface area contributed by atoms with Crippen molar-refractivity contribution in [3.8, 4) is 0 Å². The van der Waals surface area contributed by atoms with Gasteiger partial charge in [0.1, 0.15) is 5.82 Å². The number of nitrogens with one attached hydrogen (secondary N) is 3. The molecule has 2 aliphatic rings. The smallest absolute Gasteiger partial charge is 0.274 e. The molecule has 1 aromatic carbocycles. The van der Waals surface area contributed by atoms with Crippen LogP contribution in [0.2, 0.25) is 0 Å². The van der Waals surface area contributed by atoms with Crippen molar-refractivity contribution >= 4 is 21.9 Å². The second kappa shape index (κ2) is 7.09. The highest BCUT2D eigenvalue weighted by Crippen LogP contribution is 2.37. The molecule has 1 atom stereocenters. The summed E-state index contributed by atoms with van der Waals surface area (Å²) in [5, 5.41) is 25.0. The van der Waals surface area contributed by atoms with E-state index in [2.05, 4.69) is 25.3 Å². The minimum atomic E-state index is -3.75. The maximum atomic E-state index is 13.4. The van der Waals surface area contributed by atoms with Gasteiger partial charge in [-0.25, -0.2) is 14.2 Å². The summed E-state index contributed by atoms with van der Waals surface area (Å²) in [7, 11) is -3.75. The monoisotopic (exact) mass is 411 g/mol. The van der Waals surface area contributed by atoms with Crippen LogP contribution in [0, 0.1) is 5.82 Å². The molecule has 0 spiro atoms. The Balaban J connectivity index is 1.44. The van der Waals surface area contributed by atoms with E-state index in [0.717, 1.165) is 11.1 Å². The zero-order chi connectivity index (χ0) is 19.9.